The third-order valence-corrected chi connectivity index (χ3v) is 4.07. The number of pyridine rings is 1. The fraction of sp³-hybridized carbons (Fsp3) is 0.583. The summed E-state index contributed by atoms with van der Waals surface area (Å²) in [5, 5.41) is -0.556. The fourth-order valence-corrected chi connectivity index (χ4v) is 2.98. The Morgan fingerprint density at radius 1 is 1.42 bits per heavy atom. The molecule has 1 unspecified atom stereocenters. The number of hydrogen-bond donors (Lipinski definition) is 1. The van der Waals surface area contributed by atoms with Crippen molar-refractivity contribution in [2.24, 2.45) is 5.92 Å². The first-order valence-electron chi connectivity index (χ1n) is 6.01. The van der Waals surface area contributed by atoms with Crippen LogP contribution in [0.3, 0.4) is 0 Å². The van der Waals surface area contributed by atoms with Gasteiger partial charge < -0.3 is 4.90 Å². The molecule has 0 saturated carbocycles. The van der Waals surface area contributed by atoms with Crippen LogP contribution in [0.2, 0.25) is 0 Å². The summed E-state index contributed by atoms with van der Waals surface area (Å²) in [6, 6.07) is 2.13. The maximum Gasteiger partial charge on any atom is 0.261 e. The van der Waals surface area contributed by atoms with Crippen LogP contribution >= 0.6 is 0 Å². The van der Waals surface area contributed by atoms with Crippen molar-refractivity contribution in [2.45, 2.75) is 24.9 Å². The van der Waals surface area contributed by atoms with Gasteiger partial charge in [0, 0.05) is 18.8 Å². The molecule has 0 aliphatic rings. The highest BCUT2D eigenvalue weighted by atomic mass is 32.2. The minimum absolute atomic E-state index is 0.0870. The van der Waals surface area contributed by atoms with Gasteiger partial charge in [-0.3, -0.25) is 0 Å². The number of halogens is 1. The lowest BCUT2D eigenvalue weighted by Crippen LogP contribution is -2.45. The first-order chi connectivity index (χ1) is 8.74. The lowest BCUT2D eigenvalue weighted by atomic mass is 10.1. The van der Waals surface area contributed by atoms with E-state index < -0.39 is 20.9 Å². The molecule has 0 spiro atoms. The van der Waals surface area contributed by atoms with Crippen molar-refractivity contribution >= 4 is 10.0 Å². The summed E-state index contributed by atoms with van der Waals surface area (Å²) < 4.78 is 40.3. The van der Waals surface area contributed by atoms with Crippen LogP contribution in [-0.2, 0) is 10.0 Å². The van der Waals surface area contributed by atoms with Crippen molar-refractivity contribution in [3.05, 3.63) is 24.1 Å². The molecule has 1 aromatic heterocycles. The third kappa shape index (κ3) is 4.52. The predicted octanol–water partition coefficient (Wildman–Crippen LogP) is 1.09. The van der Waals surface area contributed by atoms with E-state index in [4.69, 9.17) is 0 Å². The Hall–Kier alpha value is -1.05. The van der Waals surface area contributed by atoms with E-state index in [0.29, 0.717) is 6.54 Å². The zero-order valence-electron chi connectivity index (χ0n) is 11.6. The summed E-state index contributed by atoms with van der Waals surface area (Å²) in [5.41, 5.74) is 0. The van der Waals surface area contributed by atoms with Gasteiger partial charge in [-0.25, -0.2) is 22.5 Å². The minimum Gasteiger partial charge on any atom is -0.308 e. The molecule has 0 aliphatic heterocycles. The van der Waals surface area contributed by atoms with Gasteiger partial charge in [0.25, 0.3) is 10.0 Å². The molecule has 1 atom stereocenters. The molecule has 0 fully saturated rings. The quantitative estimate of drug-likeness (QED) is 0.851. The Morgan fingerprint density at radius 3 is 2.53 bits per heavy atom. The van der Waals surface area contributed by atoms with Crippen LogP contribution in [-0.4, -0.2) is 45.0 Å². The van der Waals surface area contributed by atoms with E-state index in [0.717, 1.165) is 6.07 Å². The zero-order chi connectivity index (χ0) is 14.6. The second-order valence-corrected chi connectivity index (χ2v) is 6.65. The monoisotopic (exact) mass is 289 g/mol. The van der Waals surface area contributed by atoms with Crippen molar-refractivity contribution in [2.75, 3.05) is 20.6 Å². The molecule has 0 amide bonds. The minimum atomic E-state index is -3.94. The van der Waals surface area contributed by atoms with Crippen LogP contribution < -0.4 is 4.72 Å². The summed E-state index contributed by atoms with van der Waals surface area (Å²) >= 11 is 0. The predicted molar refractivity (Wildman–Crippen MR) is 71.7 cm³/mol. The van der Waals surface area contributed by atoms with Crippen molar-refractivity contribution < 1.29 is 12.8 Å². The smallest absolute Gasteiger partial charge is 0.261 e. The molecule has 0 radical (unpaired) electrons. The molecule has 19 heavy (non-hydrogen) atoms. The largest absolute Gasteiger partial charge is 0.308 e. The molecule has 0 bridgehead atoms. The van der Waals surface area contributed by atoms with Crippen molar-refractivity contribution in [3.63, 3.8) is 0 Å². The van der Waals surface area contributed by atoms with E-state index in [1.165, 1.54) is 12.3 Å². The van der Waals surface area contributed by atoms with E-state index >= 15 is 0 Å². The number of nitrogens with zero attached hydrogens (tertiary/aromatic N) is 2. The summed E-state index contributed by atoms with van der Waals surface area (Å²) in [6.45, 7) is 4.35. The molecule has 0 aromatic carbocycles. The Morgan fingerprint density at radius 2 is 2.05 bits per heavy atom. The molecular weight excluding hydrogens is 269 g/mol. The number of nitrogens with one attached hydrogen (secondary N) is 1. The molecule has 1 rings (SSSR count). The lowest BCUT2D eigenvalue weighted by molar-refractivity contribution is 0.314. The summed E-state index contributed by atoms with van der Waals surface area (Å²) in [7, 11) is -0.239. The Balaban J connectivity index is 2.98. The van der Waals surface area contributed by atoms with Crippen LogP contribution in [0.1, 0.15) is 13.8 Å². The van der Waals surface area contributed by atoms with Gasteiger partial charge in [-0.05, 0) is 32.1 Å². The second-order valence-electron chi connectivity index (χ2n) is 5.02. The Bertz CT molecular complexity index is 517. The number of likely N-dealkylation sites (N-methyl/N-ethyl adjacent to an activating group) is 1. The SMILES string of the molecule is CC(C)C(CN(C)C)NS(=O)(=O)c1ncccc1F. The standard InChI is InChI=1S/C12H20FN3O2S/c1-9(2)11(8-16(3)4)15-19(17,18)12-10(13)6-5-7-14-12/h5-7,9,11,15H,8H2,1-4H3. The third-order valence-electron chi connectivity index (χ3n) is 2.65. The van der Waals surface area contributed by atoms with Gasteiger partial charge in [-0.15, -0.1) is 0 Å². The van der Waals surface area contributed by atoms with Gasteiger partial charge in [0.1, 0.15) is 0 Å². The maximum absolute atomic E-state index is 13.5. The number of aromatic nitrogens is 1. The number of sulfonamides is 1. The molecule has 108 valence electrons. The second kappa shape index (κ2) is 6.40. The highest BCUT2D eigenvalue weighted by molar-refractivity contribution is 7.89. The highest BCUT2D eigenvalue weighted by Gasteiger charge is 2.26. The molecule has 7 heteroatoms. The van der Waals surface area contributed by atoms with Gasteiger partial charge in [-0.1, -0.05) is 13.8 Å². The molecule has 1 heterocycles. The first kappa shape index (κ1) is 16.0. The molecule has 0 aliphatic carbocycles. The van der Waals surface area contributed by atoms with Crippen molar-refractivity contribution in [3.8, 4) is 0 Å². The maximum atomic E-state index is 13.5. The fourth-order valence-electron chi connectivity index (χ4n) is 1.60. The molecular formula is C12H20FN3O2S. The van der Waals surface area contributed by atoms with E-state index in [-0.39, 0.29) is 12.0 Å². The van der Waals surface area contributed by atoms with Crippen molar-refractivity contribution in [1.29, 1.82) is 0 Å². The van der Waals surface area contributed by atoms with Gasteiger partial charge in [-0.2, -0.15) is 0 Å². The summed E-state index contributed by atoms with van der Waals surface area (Å²) in [5.74, 6) is -0.758. The van der Waals surface area contributed by atoms with Gasteiger partial charge >= 0.3 is 0 Å². The zero-order valence-corrected chi connectivity index (χ0v) is 12.4. The molecule has 1 aromatic rings. The normalized spacial score (nSPS) is 14.1. The van der Waals surface area contributed by atoms with Crippen LogP contribution in [0.15, 0.2) is 23.4 Å². The topological polar surface area (TPSA) is 62.3 Å². The number of hydrogen-bond acceptors (Lipinski definition) is 4. The average molecular weight is 289 g/mol. The van der Waals surface area contributed by atoms with E-state index in [2.05, 4.69) is 9.71 Å². The summed E-state index contributed by atoms with van der Waals surface area (Å²) in [6.07, 6.45) is 1.26. The number of rotatable bonds is 6. The highest BCUT2D eigenvalue weighted by Crippen LogP contribution is 2.13. The molecule has 0 saturated heterocycles. The average Bonchev–Trinajstić information content (AvgIpc) is 2.27. The van der Waals surface area contributed by atoms with E-state index in [1.807, 2.05) is 32.8 Å². The Kier molecular flexibility index (Phi) is 5.39. The van der Waals surface area contributed by atoms with Crippen LogP contribution in [0.5, 0.6) is 0 Å². The van der Waals surface area contributed by atoms with Gasteiger partial charge in [0.2, 0.25) is 5.03 Å². The Labute approximate surface area is 113 Å². The first-order valence-corrected chi connectivity index (χ1v) is 7.50. The molecule has 1 N–H and O–H groups in total. The van der Waals surface area contributed by atoms with Gasteiger partial charge in [0.05, 0.1) is 0 Å². The van der Waals surface area contributed by atoms with E-state index in [1.54, 1.807) is 0 Å². The van der Waals surface area contributed by atoms with Crippen LogP contribution in [0.4, 0.5) is 4.39 Å². The van der Waals surface area contributed by atoms with Crippen LogP contribution in [0.25, 0.3) is 0 Å². The summed E-state index contributed by atoms with van der Waals surface area (Å²) in [4.78, 5) is 5.48. The van der Waals surface area contributed by atoms with Crippen LogP contribution in [0, 0.1) is 11.7 Å². The van der Waals surface area contributed by atoms with Crippen molar-refractivity contribution in [1.82, 2.24) is 14.6 Å². The molecule has 5 nitrogen and oxygen atoms in total. The van der Waals surface area contributed by atoms with E-state index in [9.17, 15) is 12.8 Å². The van der Waals surface area contributed by atoms with Gasteiger partial charge in [0.15, 0.2) is 5.82 Å². The lowest BCUT2D eigenvalue weighted by Gasteiger charge is -2.25.